The van der Waals surface area contributed by atoms with Gasteiger partial charge in [0.1, 0.15) is 0 Å². The summed E-state index contributed by atoms with van der Waals surface area (Å²) in [7, 11) is 1.98. The lowest BCUT2D eigenvalue weighted by Gasteiger charge is -2.32. The van der Waals surface area contributed by atoms with Crippen LogP contribution >= 0.6 is 0 Å². The number of hydrogen-bond donors (Lipinski definition) is 1. The number of aliphatic hydroxyl groups excluding tert-OH is 1. The van der Waals surface area contributed by atoms with Crippen molar-refractivity contribution in [2.75, 3.05) is 20.2 Å². The monoisotopic (exact) mass is 197 g/mol. The normalized spacial score (nSPS) is 12.6. The van der Waals surface area contributed by atoms with E-state index >= 15 is 0 Å². The minimum atomic E-state index is -0.188. The molecule has 0 rings (SSSR count). The average molecular weight is 197 g/mol. The standard InChI is InChI=1S/C12H23NO/c1-11(2,3)8-7-9-13(6)12(4,5)10-14/h14H,9-10H2,1-6H3. The lowest BCUT2D eigenvalue weighted by molar-refractivity contribution is 0.0901. The van der Waals surface area contributed by atoms with Crippen LogP contribution < -0.4 is 0 Å². The van der Waals surface area contributed by atoms with Gasteiger partial charge in [-0.15, -0.1) is 0 Å². The van der Waals surface area contributed by atoms with Gasteiger partial charge in [-0.05, 0) is 41.7 Å². The Labute approximate surface area is 88.3 Å². The fraction of sp³-hybridized carbons (Fsp3) is 0.833. The van der Waals surface area contributed by atoms with E-state index in [2.05, 4.69) is 37.5 Å². The third-order valence-corrected chi connectivity index (χ3v) is 2.20. The van der Waals surface area contributed by atoms with Crippen molar-refractivity contribution in [1.29, 1.82) is 0 Å². The fourth-order valence-electron chi connectivity index (χ4n) is 0.758. The van der Waals surface area contributed by atoms with Crippen molar-refractivity contribution in [3.05, 3.63) is 0 Å². The average Bonchev–Trinajstić information content (AvgIpc) is 2.02. The van der Waals surface area contributed by atoms with Crippen LogP contribution in [0, 0.1) is 17.3 Å². The topological polar surface area (TPSA) is 23.5 Å². The van der Waals surface area contributed by atoms with Gasteiger partial charge in [0, 0.05) is 11.0 Å². The molecule has 0 aromatic rings. The second-order valence-electron chi connectivity index (χ2n) is 5.38. The van der Waals surface area contributed by atoms with Crippen LogP contribution in [0.15, 0.2) is 0 Å². The largest absolute Gasteiger partial charge is 0.394 e. The first-order valence-corrected chi connectivity index (χ1v) is 5.01. The molecule has 14 heavy (non-hydrogen) atoms. The maximum absolute atomic E-state index is 9.13. The summed E-state index contributed by atoms with van der Waals surface area (Å²) >= 11 is 0. The molecule has 0 heterocycles. The van der Waals surface area contributed by atoms with Crippen molar-refractivity contribution in [3.63, 3.8) is 0 Å². The predicted octanol–water partition coefficient (Wildman–Crippen LogP) is 1.74. The van der Waals surface area contributed by atoms with Gasteiger partial charge in [-0.3, -0.25) is 4.90 Å². The Morgan fingerprint density at radius 2 is 1.64 bits per heavy atom. The van der Waals surface area contributed by atoms with Gasteiger partial charge >= 0.3 is 0 Å². The van der Waals surface area contributed by atoms with Crippen LogP contribution in [-0.4, -0.2) is 35.7 Å². The zero-order valence-corrected chi connectivity index (χ0v) is 10.3. The SMILES string of the molecule is CN(CC#CC(C)(C)C)C(C)(C)CO. The summed E-state index contributed by atoms with van der Waals surface area (Å²) in [6.45, 7) is 11.1. The highest BCUT2D eigenvalue weighted by Gasteiger charge is 2.21. The van der Waals surface area contributed by atoms with Gasteiger partial charge in [0.15, 0.2) is 0 Å². The molecule has 0 spiro atoms. The molecule has 0 aliphatic rings. The van der Waals surface area contributed by atoms with E-state index < -0.39 is 0 Å². The van der Waals surface area contributed by atoms with Gasteiger partial charge in [-0.1, -0.05) is 11.8 Å². The lowest BCUT2D eigenvalue weighted by atomic mass is 9.98. The Hall–Kier alpha value is -0.520. The highest BCUT2D eigenvalue weighted by molar-refractivity contribution is 5.09. The molecule has 0 unspecified atom stereocenters. The maximum Gasteiger partial charge on any atom is 0.0610 e. The molecule has 0 amide bonds. The molecular weight excluding hydrogens is 174 g/mol. The molecule has 1 N–H and O–H groups in total. The molecule has 2 nitrogen and oxygen atoms in total. The molecular formula is C12H23NO. The Morgan fingerprint density at radius 3 is 2.00 bits per heavy atom. The second kappa shape index (κ2) is 4.82. The summed E-state index contributed by atoms with van der Waals surface area (Å²) in [6, 6.07) is 0. The predicted molar refractivity (Wildman–Crippen MR) is 61.0 cm³/mol. The summed E-state index contributed by atoms with van der Waals surface area (Å²) in [6.07, 6.45) is 0. The molecule has 0 atom stereocenters. The summed E-state index contributed by atoms with van der Waals surface area (Å²) in [4.78, 5) is 2.06. The Bertz CT molecular complexity index is 227. The fourth-order valence-corrected chi connectivity index (χ4v) is 0.758. The van der Waals surface area contributed by atoms with E-state index in [9.17, 15) is 0 Å². The van der Waals surface area contributed by atoms with Crippen molar-refractivity contribution in [3.8, 4) is 11.8 Å². The highest BCUT2D eigenvalue weighted by atomic mass is 16.3. The number of likely N-dealkylation sites (N-methyl/N-ethyl adjacent to an activating group) is 1. The van der Waals surface area contributed by atoms with Crippen LogP contribution in [0.3, 0.4) is 0 Å². The minimum Gasteiger partial charge on any atom is -0.394 e. The van der Waals surface area contributed by atoms with E-state index in [4.69, 9.17) is 5.11 Å². The van der Waals surface area contributed by atoms with Crippen LogP contribution in [0.1, 0.15) is 34.6 Å². The minimum absolute atomic E-state index is 0.0597. The zero-order valence-electron chi connectivity index (χ0n) is 10.3. The van der Waals surface area contributed by atoms with E-state index in [-0.39, 0.29) is 17.6 Å². The third-order valence-electron chi connectivity index (χ3n) is 2.20. The van der Waals surface area contributed by atoms with Gasteiger partial charge in [0.2, 0.25) is 0 Å². The van der Waals surface area contributed by atoms with Crippen molar-refractivity contribution in [1.82, 2.24) is 4.90 Å². The quantitative estimate of drug-likeness (QED) is 0.697. The molecule has 0 fully saturated rings. The molecule has 0 aromatic carbocycles. The number of nitrogens with zero attached hydrogens (tertiary/aromatic N) is 1. The van der Waals surface area contributed by atoms with E-state index in [0.29, 0.717) is 6.54 Å². The van der Waals surface area contributed by atoms with Gasteiger partial charge in [0.05, 0.1) is 13.2 Å². The number of hydrogen-bond acceptors (Lipinski definition) is 2. The van der Waals surface area contributed by atoms with Gasteiger partial charge < -0.3 is 5.11 Å². The van der Waals surface area contributed by atoms with E-state index in [0.717, 1.165) is 0 Å². The van der Waals surface area contributed by atoms with Gasteiger partial charge in [-0.2, -0.15) is 0 Å². The van der Waals surface area contributed by atoms with Crippen LogP contribution in [0.5, 0.6) is 0 Å². The Kier molecular flexibility index (Phi) is 4.64. The summed E-state index contributed by atoms with van der Waals surface area (Å²) in [5.41, 5.74) is -0.128. The van der Waals surface area contributed by atoms with Crippen LogP contribution in [0.2, 0.25) is 0 Å². The zero-order chi connectivity index (χ0) is 11.4. The van der Waals surface area contributed by atoms with Crippen molar-refractivity contribution >= 4 is 0 Å². The molecule has 0 radical (unpaired) electrons. The van der Waals surface area contributed by atoms with E-state index in [1.807, 2.05) is 20.9 Å². The Morgan fingerprint density at radius 1 is 1.14 bits per heavy atom. The molecule has 0 aromatic heterocycles. The van der Waals surface area contributed by atoms with Crippen molar-refractivity contribution in [2.24, 2.45) is 5.41 Å². The van der Waals surface area contributed by atoms with E-state index in [1.54, 1.807) is 0 Å². The molecule has 2 heteroatoms. The molecule has 0 aliphatic heterocycles. The first kappa shape index (κ1) is 13.5. The second-order valence-corrected chi connectivity index (χ2v) is 5.38. The van der Waals surface area contributed by atoms with Gasteiger partial charge in [-0.25, -0.2) is 0 Å². The smallest absolute Gasteiger partial charge is 0.0610 e. The van der Waals surface area contributed by atoms with Crippen LogP contribution in [-0.2, 0) is 0 Å². The lowest BCUT2D eigenvalue weighted by Crippen LogP contribution is -2.44. The molecule has 0 saturated heterocycles. The first-order valence-electron chi connectivity index (χ1n) is 5.01. The molecule has 0 aliphatic carbocycles. The third kappa shape index (κ3) is 5.26. The number of rotatable bonds is 3. The number of aliphatic hydroxyl groups is 1. The van der Waals surface area contributed by atoms with E-state index in [1.165, 1.54) is 0 Å². The Balaban J connectivity index is 4.20. The molecule has 82 valence electrons. The first-order chi connectivity index (χ1) is 6.19. The summed E-state index contributed by atoms with van der Waals surface area (Å²) in [5, 5.41) is 9.13. The summed E-state index contributed by atoms with van der Waals surface area (Å²) < 4.78 is 0. The van der Waals surface area contributed by atoms with Gasteiger partial charge in [0.25, 0.3) is 0 Å². The van der Waals surface area contributed by atoms with Crippen molar-refractivity contribution < 1.29 is 5.11 Å². The summed E-state index contributed by atoms with van der Waals surface area (Å²) in [5.74, 6) is 6.31. The van der Waals surface area contributed by atoms with Crippen LogP contribution in [0.4, 0.5) is 0 Å². The molecule has 0 saturated carbocycles. The maximum atomic E-state index is 9.13. The van der Waals surface area contributed by atoms with Crippen LogP contribution in [0.25, 0.3) is 0 Å². The highest BCUT2D eigenvalue weighted by Crippen LogP contribution is 2.11. The molecule has 0 bridgehead atoms. The van der Waals surface area contributed by atoms with Crippen molar-refractivity contribution in [2.45, 2.75) is 40.2 Å².